The summed E-state index contributed by atoms with van der Waals surface area (Å²) in [6.45, 7) is 0. The number of nitrogens with zero attached hydrogens (tertiary/aromatic N) is 1. The van der Waals surface area contributed by atoms with Gasteiger partial charge in [0.2, 0.25) is 0 Å². The van der Waals surface area contributed by atoms with Crippen molar-refractivity contribution in [2.45, 2.75) is 6.42 Å². The standard InChI is InChI=1S/C20H13N/c1-2-5-14-13(4-1)12-19-15(14)7-8-16-17(19)9-10-20-18(16)6-3-11-21-20/h1-11H,12H2. The van der Waals surface area contributed by atoms with E-state index in [0.29, 0.717) is 0 Å². The molecule has 5 rings (SSSR count). The minimum absolute atomic E-state index is 1.04. The van der Waals surface area contributed by atoms with Gasteiger partial charge in [0.15, 0.2) is 0 Å². The van der Waals surface area contributed by atoms with Crippen LogP contribution in [0.25, 0.3) is 32.8 Å². The fourth-order valence-electron chi connectivity index (χ4n) is 3.60. The summed E-state index contributed by atoms with van der Waals surface area (Å²) in [5, 5.41) is 3.92. The van der Waals surface area contributed by atoms with E-state index in [9.17, 15) is 0 Å². The molecule has 1 nitrogen and oxygen atoms in total. The molecule has 4 aromatic rings. The number of hydrogen-bond donors (Lipinski definition) is 0. The van der Waals surface area contributed by atoms with Crippen LogP contribution in [0.5, 0.6) is 0 Å². The molecular weight excluding hydrogens is 254 g/mol. The van der Waals surface area contributed by atoms with Crippen LogP contribution in [0.4, 0.5) is 0 Å². The number of benzene rings is 3. The highest BCUT2D eigenvalue weighted by Crippen LogP contribution is 2.41. The van der Waals surface area contributed by atoms with Gasteiger partial charge in [-0.3, -0.25) is 4.98 Å². The second kappa shape index (κ2) is 3.92. The van der Waals surface area contributed by atoms with Crippen LogP contribution in [0.1, 0.15) is 11.1 Å². The van der Waals surface area contributed by atoms with Crippen LogP contribution >= 0.6 is 0 Å². The van der Waals surface area contributed by atoms with Crippen molar-refractivity contribution < 1.29 is 0 Å². The molecule has 1 aliphatic rings. The number of pyridine rings is 1. The van der Waals surface area contributed by atoms with Crippen LogP contribution in [0, 0.1) is 0 Å². The Morgan fingerprint density at radius 3 is 2.57 bits per heavy atom. The van der Waals surface area contributed by atoms with E-state index >= 15 is 0 Å². The Kier molecular flexibility index (Phi) is 2.06. The summed E-state index contributed by atoms with van der Waals surface area (Å²) in [5.41, 5.74) is 6.74. The van der Waals surface area contributed by atoms with E-state index in [2.05, 4.69) is 59.6 Å². The molecule has 21 heavy (non-hydrogen) atoms. The van der Waals surface area contributed by atoms with Crippen LogP contribution in [0.3, 0.4) is 0 Å². The van der Waals surface area contributed by atoms with Crippen LogP contribution in [0.15, 0.2) is 66.9 Å². The van der Waals surface area contributed by atoms with Gasteiger partial charge in [-0.15, -0.1) is 0 Å². The molecule has 1 aliphatic carbocycles. The highest BCUT2D eigenvalue weighted by molar-refractivity contribution is 6.09. The summed E-state index contributed by atoms with van der Waals surface area (Å²) in [6.07, 6.45) is 2.89. The van der Waals surface area contributed by atoms with Gasteiger partial charge in [-0.25, -0.2) is 0 Å². The van der Waals surface area contributed by atoms with E-state index in [1.807, 2.05) is 12.3 Å². The molecule has 0 aliphatic heterocycles. The molecule has 0 radical (unpaired) electrons. The quantitative estimate of drug-likeness (QED) is 0.361. The highest BCUT2D eigenvalue weighted by atomic mass is 14.6. The zero-order chi connectivity index (χ0) is 13.8. The number of aromatic nitrogens is 1. The maximum absolute atomic E-state index is 4.46. The lowest BCUT2D eigenvalue weighted by Crippen LogP contribution is -1.86. The van der Waals surface area contributed by atoms with Crippen molar-refractivity contribution in [2.75, 3.05) is 0 Å². The number of hydrogen-bond acceptors (Lipinski definition) is 1. The molecule has 0 fully saturated rings. The molecule has 0 spiro atoms. The molecule has 1 heterocycles. The third kappa shape index (κ3) is 1.43. The fraction of sp³-hybridized carbons (Fsp3) is 0.0500. The highest BCUT2D eigenvalue weighted by Gasteiger charge is 2.20. The molecule has 0 amide bonds. The van der Waals surface area contributed by atoms with Gasteiger partial charge >= 0.3 is 0 Å². The van der Waals surface area contributed by atoms with Crippen LogP contribution < -0.4 is 0 Å². The summed E-state index contributed by atoms with van der Waals surface area (Å²) < 4.78 is 0. The van der Waals surface area contributed by atoms with Crippen LogP contribution in [-0.2, 0) is 6.42 Å². The van der Waals surface area contributed by atoms with Gasteiger partial charge < -0.3 is 0 Å². The Morgan fingerprint density at radius 2 is 1.57 bits per heavy atom. The molecule has 1 aromatic heterocycles. The van der Waals surface area contributed by atoms with Gasteiger partial charge in [-0.05, 0) is 51.6 Å². The second-order valence-electron chi connectivity index (χ2n) is 5.66. The predicted octanol–water partition coefficient (Wildman–Crippen LogP) is 4.96. The molecule has 1 heteroatoms. The van der Waals surface area contributed by atoms with Gasteiger partial charge in [0.1, 0.15) is 0 Å². The summed E-state index contributed by atoms with van der Waals surface area (Å²) in [4.78, 5) is 4.46. The lowest BCUT2D eigenvalue weighted by molar-refractivity contribution is 1.28. The first-order chi connectivity index (χ1) is 10.4. The van der Waals surface area contributed by atoms with E-state index < -0.39 is 0 Å². The molecule has 0 saturated heterocycles. The minimum atomic E-state index is 1.04. The summed E-state index contributed by atoms with van der Waals surface area (Å²) in [6, 6.07) is 21.8. The predicted molar refractivity (Wildman–Crippen MR) is 87.5 cm³/mol. The van der Waals surface area contributed by atoms with Crippen LogP contribution in [0.2, 0.25) is 0 Å². The zero-order valence-corrected chi connectivity index (χ0v) is 11.5. The van der Waals surface area contributed by atoms with Crippen LogP contribution in [-0.4, -0.2) is 4.98 Å². The third-order valence-electron chi connectivity index (χ3n) is 4.57. The zero-order valence-electron chi connectivity index (χ0n) is 11.5. The number of rotatable bonds is 0. The van der Waals surface area contributed by atoms with Gasteiger partial charge in [0.25, 0.3) is 0 Å². The van der Waals surface area contributed by atoms with E-state index in [1.165, 1.54) is 38.4 Å². The summed E-state index contributed by atoms with van der Waals surface area (Å²) >= 11 is 0. The molecular formula is C20H13N. The second-order valence-corrected chi connectivity index (χ2v) is 5.66. The molecule has 0 unspecified atom stereocenters. The average molecular weight is 267 g/mol. The Hall–Kier alpha value is -2.67. The lowest BCUT2D eigenvalue weighted by atomic mass is 9.96. The minimum Gasteiger partial charge on any atom is -0.256 e. The van der Waals surface area contributed by atoms with Crippen molar-refractivity contribution in [3.05, 3.63) is 78.0 Å². The molecule has 0 bridgehead atoms. The van der Waals surface area contributed by atoms with Gasteiger partial charge in [-0.2, -0.15) is 0 Å². The normalized spacial score (nSPS) is 12.6. The topological polar surface area (TPSA) is 12.9 Å². The number of fused-ring (bicyclic) bond motifs is 7. The molecule has 0 saturated carbocycles. The first kappa shape index (κ1) is 11.0. The van der Waals surface area contributed by atoms with Gasteiger partial charge in [0.05, 0.1) is 5.52 Å². The first-order valence-electron chi connectivity index (χ1n) is 7.29. The van der Waals surface area contributed by atoms with E-state index in [-0.39, 0.29) is 0 Å². The largest absolute Gasteiger partial charge is 0.256 e. The molecule has 0 atom stereocenters. The van der Waals surface area contributed by atoms with E-state index in [0.717, 1.165) is 11.9 Å². The smallest absolute Gasteiger partial charge is 0.0708 e. The first-order valence-corrected chi connectivity index (χ1v) is 7.29. The third-order valence-corrected chi connectivity index (χ3v) is 4.57. The monoisotopic (exact) mass is 267 g/mol. The van der Waals surface area contributed by atoms with Crippen molar-refractivity contribution in [1.29, 1.82) is 0 Å². The van der Waals surface area contributed by atoms with Crippen molar-refractivity contribution in [3.8, 4) is 11.1 Å². The lowest BCUT2D eigenvalue weighted by Gasteiger charge is -2.08. The summed E-state index contributed by atoms with van der Waals surface area (Å²) in [5.74, 6) is 0. The van der Waals surface area contributed by atoms with Crippen molar-refractivity contribution in [2.24, 2.45) is 0 Å². The maximum atomic E-state index is 4.46. The molecule has 0 N–H and O–H groups in total. The van der Waals surface area contributed by atoms with Crippen molar-refractivity contribution in [1.82, 2.24) is 4.98 Å². The van der Waals surface area contributed by atoms with Gasteiger partial charge in [-0.1, -0.05) is 48.5 Å². The van der Waals surface area contributed by atoms with Crippen molar-refractivity contribution in [3.63, 3.8) is 0 Å². The molecule has 98 valence electrons. The average Bonchev–Trinajstić information content (AvgIpc) is 2.93. The Morgan fingerprint density at radius 1 is 0.667 bits per heavy atom. The van der Waals surface area contributed by atoms with E-state index in [4.69, 9.17) is 0 Å². The Bertz CT molecular complexity index is 1010. The Labute approximate surface area is 122 Å². The van der Waals surface area contributed by atoms with Gasteiger partial charge in [0, 0.05) is 11.6 Å². The summed E-state index contributed by atoms with van der Waals surface area (Å²) in [7, 11) is 0. The maximum Gasteiger partial charge on any atom is 0.0708 e. The Balaban J connectivity index is 1.91. The fourth-order valence-corrected chi connectivity index (χ4v) is 3.60. The van der Waals surface area contributed by atoms with Crippen molar-refractivity contribution >= 4 is 21.7 Å². The van der Waals surface area contributed by atoms with E-state index in [1.54, 1.807) is 0 Å². The molecule has 3 aromatic carbocycles. The SMILES string of the molecule is c1ccc2c(c1)Cc1c-2ccc2c1ccc1ncccc12.